The summed E-state index contributed by atoms with van der Waals surface area (Å²) in [6.07, 6.45) is -2.86. The van der Waals surface area contributed by atoms with Crippen molar-refractivity contribution in [3.8, 4) is 22.7 Å². The predicted octanol–water partition coefficient (Wildman–Crippen LogP) is 6.61. The summed E-state index contributed by atoms with van der Waals surface area (Å²) < 4.78 is 26.8. The Hall–Kier alpha value is -4.08. The molecule has 2 atom stereocenters. The molecule has 3 aromatic carbocycles. The minimum absolute atomic E-state index is 0.138. The van der Waals surface area contributed by atoms with E-state index in [0.29, 0.717) is 22.4 Å². The quantitative estimate of drug-likeness (QED) is 0.154. The van der Waals surface area contributed by atoms with Crippen LogP contribution in [0.5, 0.6) is 0 Å². The molecule has 3 N–H and O–H groups in total. The lowest BCUT2D eigenvalue weighted by Gasteiger charge is -2.22. The molecule has 0 saturated heterocycles. The fraction of sp³-hybridized carbons (Fsp3) is 0.212. The van der Waals surface area contributed by atoms with Gasteiger partial charge in [-0.15, -0.1) is 0 Å². The minimum Gasteiger partial charge on any atom is -0.481 e. The van der Waals surface area contributed by atoms with E-state index in [9.17, 15) is 23.7 Å². The first kappa shape index (κ1) is 29.9. The van der Waals surface area contributed by atoms with E-state index in [-0.39, 0.29) is 11.8 Å². The average Bonchev–Trinajstić information content (AvgIpc) is 2.93. The molecule has 0 bridgehead atoms. The van der Waals surface area contributed by atoms with Crippen LogP contribution < -0.4 is 0 Å². The van der Waals surface area contributed by atoms with Crippen LogP contribution in [-0.4, -0.2) is 38.3 Å². The Morgan fingerprint density at radius 3 is 2.02 bits per heavy atom. The third-order valence-corrected chi connectivity index (χ3v) is 7.93. The van der Waals surface area contributed by atoms with Gasteiger partial charge in [0.05, 0.1) is 41.6 Å². The zero-order chi connectivity index (χ0) is 29.6. The predicted molar refractivity (Wildman–Crippen MR) is 157 cm³/mol. The fourth-order valence-corrected chi connectivity index (χ4v) is 5.78. The van der Waals surface area contributed by atoms with Gasteiger partial charge >= 0.3 is 5.97 Å². The van der Waals surface area contributed by atoms with Crippen LogP contribution >= 0.6 is 7.37 Å². The van der Waals surface area contributed by atoms with Gasteiger partial charge in [0.2, 0.25) is 0 Å². The highest BCUT2D eigenvalue weighted by atomic mass is 31.2. The van der Waals surface area contributed by atoms with Crippen LogP contribution in [0, 0.1) is 17.4 Å². The van der Waals surface area contributed by atoms with Gasteiger partial charge in [0.15, 0.2) is 0 Å². The van der Waals surface area contributed by atoms with Gasteiger partial charge in [-0.05, 0) is 46.5 Å². The van der Waals surface area contributed by atoms with E-state index in [1.54, 1.807) is 12.1 Å². The molecule has 6 nitrogen and oxygen atoms in total. The Bertz CT molecular complexity index is 1570. The summed E-state index contributed by atoms with van der Waals surface area (Å²) in [6.45, 7) is 3.89. The number of aliphatic carboxylic acids is 1. The molecular weight excluding hydrogens is 540 g/mol. The molecule has 0 amide bonds. The number of carbonyl (C=O) groups is 1. The number of aromatic nitrogens is 1. The van der Waals surface area contributed by atoms with Gasteiger partial charge in [0.25, 0.3) is 7.37 Å². The molecule has 1 aromatic heterocycles. The normalized spacial score (nSPS) is 13.3. The second-order valence-corrected chi connectivity index (χ2v) is 12.1. The number of benzene rings is 3. The molecule has 0 aliphatic rings. The number of rotatable bonds is 9. The molecule has 41 heavy (non-hydrogen) atoms. The Balaban J connectivity index is 1.94. The Kier molecular flexibility index (Phi) is 9.52. The molecule has 0 radical (unpaired) electrons. The molecule has 4 rings (SSSR count). The van der Waals surface area contributed by atoms with Crippen molar-refractivity contribution in [3.05, 3.63) is 125 Å². The zero-order valence-corrected chi connectivity index (χ0v) is 23.6. The van der Waals surface area contributed by atoms with Crippen molar-refractivity contribution in [3.63, 3.8) is 0 Å². The number of hydrogen-bond acceptors (Lipinski definition) is 4. The van der Waals surface area contributed by atoms with Crippen LogP contribution in [0.3, 0.4) is 0 Å². The number of aliphatic hydroxyl groups is 1. The lowest BCUT2D eigenvalue weighted by atomic mass is 9.85. The smallest absolute Gasteiger partial charge is 0.305 e. The number of carboxylic acids is 1. The van der Waals surface area contributed by atoms with Crippen LogP contribution in [-0.2, 0) is 9.36 Å². The van der Waals surface area contributed by atoms with E-state index in [1.165, 1.54) is 12.1 Å². The van der Waals surface area contributed by atoms with Gasteiger partial charge in [-0.1, -0.05) is 92.6 Å². The number of aliphatic hydroxyl groups excluding tert-OH is 1. The number of nitrogens with zero attached hydrogens (tertiary/aromatic N) is 1. The Morgan fingerprint density at radius 1 is 0.951 bits per heavy atom. The first-order valence-electron chi connectivity index (χ1n) is 13.2. The summed E-state index contributed by atoms with van der Waals surface area (Å²) in [6, 6.07) is 27.7. The van der Waals surface area contributed by atoms with E-state index in [1.807, 2.05) is 80.6 Å². The van der Waals surface area contributed by atoms with Gasteiger partial charge in [-0.2, -0.15) is 0 Å². The summed E-state index contributed by atoms with van der Waals surface area (Å²) in [5.41, 5.74) is 7.47. The summed E-state index contributed by atoms with van der Waals surface area (Å²) >= 11 is 0. The zero-order valence-electron chi connectivity index (χ0n) is 22.7. The highest BCUT2D eigenvalue weighted by molar-refractivity contribution is 7.63. The van der Waals surface area contributed by atoms with Crippen molar-refractivity contribution in [2.45, 2.75) is 38.2 Å². The maximum Gasteiger partial charge on any atom is 0.305 e. The largest absolute Gasteiger partial charge is 0.481 e. The van der Waals surface area contributed by atoms with E-state index >= 15 is 0 Å². The van der Waals surface area contributed by atoms with E-state index in [0.717, 1.165) is 16.8 Å². The first-order chi connectivity index (χ1) is 19.5. The van der Waals surface area contributed by atoms with Gasteiger partial charge in [0.1, 0.15) is 5.82 Å². The third kappa shape index (κ3) is 7.77. The average molecular weight is 572 g/mol. The lowest BCUT2D eigenvalue weighted by Crippen LogP contribution is -2.17. The molecule has 4 aromatic rings. The molecule has 210 valence electrons. The maximum atomic E-state index is 13.9. The molecule has 8 heteroatoms. The minimum atomic E-state index is -4.23. The molecule has 1 heterocycles. The maximum absolute atomic E-state index is 13.9. The topological polar surface area (TPSA) is 108 Å². The molecule has 0 spiro atoms. The highest BCUT2D eigenvalue weighted by Crippen LogP contribution is 2.41. The van der Waals surface area contributed by atoms with Gasteiger partial charge in [-0.25, -0.2) is 4.39 Å². The molecule has 0 aliphatic heterocycles. The fourth-order valence-electron chi connectivity index (χ4n) is 4.71. The van der Waals surface area contributed by atoms with Crippen molar-refractivity contribution < 1.29 is 28.9 Å². The monoisotopic (exact) mass is 571 g/mol. The first-order valence-corrected chi connectivity index (χ1v) is 15.0. The number of carboxylic acid groups (broad SMARTS) is 1. The number of halogens is 1. The molecular formula is C33H31FNO5P. The molecule has 0 aliphatic carbocycles. The highest BCUT2D eigenvalue weighted by Gasteiger charge is 2.25. The van der Waals surface area contributed by atoms with Gasteiger partial charge in [0, 0.05) is 5.56 Å². The van der Waals surface area contributed by atoms with Gasteiger partial charge < -0.3 is 15.1 Å². The van der Waals surface area contributed by atoms with Gasteiger partial charge in [-0.3, -0.25) is 14.3 Å². The van der Waals surface area contributed by atoms with Crippen molar-refractivity contribution in [2.75, 3.05) is 6.16 Å². The van der Waals surface area contributed by atoms with Crippen LogP contribution in [0.1, 0.15) is 60.2 Å². The van der Waals surface area contributed by atoms with E-state index in [2.05, 4.69) is 11.6 Å². The van der Waals surface area contributed by atoms with Crippen LogP contribution in [0.4, 0.5) is 4.39 Å². The lowest BCUT2D eigenvalue weighted by molar-refractivity contribution is -0.138. The molecule has 1 unspecified atom stereocenters. The second kappa shape index (κ2) is 13.1. The SMILES string of the molecule is CC(C)c1nc(C(c2ccccc2)c2ccccc2)cc(-c2ccc(F)cc2)c1C#CP(=O)(O)C[C@@H](O)CC(=O)O. The van der Waals surface area contributed by atoms with Crippen LogP contribution in [0.15, 0.2) is 91.0 Å². The summed E-state index contributed by atoms with van der Waals surface area (Å²) in [7, 11) is -4.23. The van der Waals surface area contributed by atoms with Crippen molar-refractivity contribution in [1.29, 1.82) is 0 Å². The van der Waals surface area contributed by atoms with Crippen LogP contribution in [0.25, 0.3) is 11.1 Å². The summed E-state index contributed by atoms with van der Waals surface area (Å²) in [5.74, 6) is 0.791. The van der Waals surface area contributed by atoms with Crippen molar-refractivity contribution in [2.24, 2.45) is 0 Å². The standard InChI is InChI=1S/C33H31FNO5P/c1-22(2)33-28(17-18-41(39,40)21-27(36)19-31(37)38)29(23-13-15-26(34)16-14-23)20-30(35-33)32(24-9-5-3-6-10-24)25-11-7-4-8-12-25/h3-16,20,22,27,32,36H,19,21H2,1-2H3,(H,37,38)(H,39,40)/t27-/m0/s1. The number of hydrogen-bond donors (Lipinski definition) is 3. The number of pyridine rings is 1. The van der Waals surface area contributed by atoms with Crippen molar-refractivity contribution in [1.82, 2.24) is 4.98 Å². The van der Waals surface area contributed by atoms with E-state index in [4.69, 9.17) is 10.1 Å². The summed E-state index contributed by atoms with van der Waals surface area (Å²) in [4.78, 5) is 26.5. The Morgan fingerprint density at radius 2 is 1.51 bits per heavy atom. The Labute approximate surface area is 239 Å². The summed E-state index contributed by atoms with van der Waals surface area (Å²) in [5, 5.41) is 18.8. The van der Waals surface area contributed by atoms with Crippen LogP contribution in [0.2, 0.25) is 0 Å². The second-order valence-electron chi connectivity index (χ2n) is 10.1. The van der Waals surface area contributed by atoms with E-state index < -0.39 is 37.8 Å². The third-order valence-electron chi connectivity index (χ3n) is 6.55. The molecule has 0 saturated carbocycles. The van der Waals surface area contributed by atoms with Crippen molar-refractivity contribution >= 4 is 13.3 Å². The molecule has 0 fully saturated rings.